The van der Waals surface area contributed by atoms with E-state index in [9.17, 15) is 24.6 Å². The van der Waals surface area contributed by atoms with Crippen molar-refractivity contribution in [3.63, 3.8) is 0 Å². The van der Waals surface area contributed by atoms with Crippen molar-refractivity contribution in [2.24, 2.45) is 0 Å². The van der Waals surface area contributed by atoms with E-state index in [0.29, 0.717) is 13.0 Å². The number of rotatable bonds is 36. The molecule has 0 saturated carbocycles. The highest BCUT2D eigenvalue weighted by molar-refractivity contribution is 5.86. The minimum absolute atomic E-state index is 0.0952. The zero-order valence-electron chi connectivity index (χ0n) is 34.5. The van der Waals surface area contributed by atoms with Crippen LogP contribution in [0.4, 0.5) is 0 Å². The minimum atomic E-state index is -0.862. The SMILES string of the molecule is CCCCC/C=C\C/C=C\CCCCCCCCOC(=O)C(CCC(=O)CN1CC(O)C(O)C1)NC(=O)CCCCCCC/C=C\C/C=C\CCCCC. The molecule has 8 heteroatoms. The maximum Gasteiger partial charge on any atom is 0.328 e. The van der Waals surface area contributed by atoms with E-state index in [4.69, 9.17) is 4.74 Å². The number of aliphatic hydroxyl groups excluding tert-OH is 2. The van der Waals surface area contributed by atoms with Gasteiger partial charge in [-0.2, -0.15) is 0 Å². The number of likely N-dealkylation sites (tertiary alicyclic amines) is 1. The molecule has 0 aromatic heterocycles. The van der Waals surface area contributed by atoms with Crippen molar-refractivity contribution in [3.05, 3.63) is 48.6 Å². The molecular weight excluding hydrogens is 677 g/mol. The van der Waals surface area contributed by atoms with Gasteiger partial charge in [0.05, 0.1) is 25.4 Å². The van der Waals surface area contributed by atoms with Crippen molar-refractivity contribution in [2.75, 3.05) is 26.2 Å². The summed E-state index contributed by atoms with van der Waals surface area (Å²) >= 11 is 0. The fraction of sp³-hybridized carbons (Fsp3) is 0.761. The van der Waals surface area contributed by atoms with Gasteiger partial charge in [0.25, 0.3) is 0 Å². The number of ketones is 1. The molecule has 0 radical (unpaired) electrons. The summed E-state index contributed by atoms with van der Waals surface area (Å²) in [5, 5.41) is 22.4. The molecule has 8 nitrogen and oxygen atoms in total. The van der Waals surface area contributed by atoms with Crippen LogP contribution < -0.4 is 5.32 Å². The van der Waals surface area contributed by atoms with Crippen molar-refractivity contribution in [2.45, 2.75) is 199 Å². The third-order valence-electron chi connectivity index (χ3n) is 10.0. The molecule has 54 heavy (non-hydrogen) atoms. The minimum Gasteiger partial charge on any atom is -0.464 e. The van der Waals surface area contributed by atoms with E-state index in [2.05, 4.69) is 67.8 Å². The van der Waals surface area contributed by atoms with Gasteiger partial charge in [0, 0.05) is 25.9 Å². The molecule has 1 rings (SSSR count). The van der Waals surface area contributed by atoms with Gasteiger partial charge in [-0.05, 0) is 83.5 Å². The lowest BCUT2D eigenvalue weighted by Gasteiger charge is -2.19. The van der Waals surface area contributed by atoms with E-state index in [1.807, 2.05) is 0 Å². The first-order valence-electron chi connectivity index (χ1n) is 22.0. The maximum absolute atomic E-state index is 13.1. The summed E-state index contributed by atoms with van der Waals surface area (Å²) in [4.78, 5) is 40.3. The van der Waals surface area contributed by atoms with Gasteiger partial charge in [-0.25, -0.2) is 4.79 Å². The van der Waals surface area contributed by atoms with Crippen LogP contribution in [0.2, 0.25) is 0 Å². The molecule has 1 aliphatic rings. The Kier molecular flexibility index (Phi) is 33.1. The quantitative estimate of drug-likeness (QED) is 0.0331. The van der Waals surface area contributed by atoms with Crippen LogP contribution in [0.25, 0.3) is 0 Å². The molecule has 0 aromatic rings. The van der Waals surface area contributed by atoms with Crippen molar-refractivity contribution in [3.8, 4) is 0 Å². The van der Waals surface area contributed by atoms with Crippen LogP contribution in [0.5, 0.6) is 0 Å². The van der Waals surface area contributed by atoms with Gasteiger partial charge in [-0.15, -0.1) is 0 Å². The van der Waals surface area contributed by atoms with Crippen LogP contribution in [-0.4, -0.2) is 77.3 Å². The third-order valence-corrected chi connectivity index (χ3v) is 10.0. The molecule has 0 bridgehead atoms. The predicted molar refractivity (Wildman–Crippen MR) is 224 cm³/mol. The molecule has 0 aromatic carbocycles. The number of amides is 1. The number of esters is 1. The Balaban J connectivity index is 2.30. The number of unbranched alkanes of at least 4 members (excludes halogenated alkanes) is 17. The van der Waals surface area contributed by atoms with Gasteiger partial charge in [-0.1, -0.05) is 133 Å². The lowest BCUT2D eigenvalue weighted by atomic mass is 10.1. The number of allylic oxidation sites excluding steroid dienone is 8. The van der Waals surface area contributed by atoms with Crippen LogP contribution >= 0.6 is 0 Å². The third kappa shape index (κ3) is 29.8. The second kappa shape index (κ2) is 36.1. The fourth-order valence-electron chi connectivity index (χ4n) is 6.59. The second-order valence-corrected chi connectivity index (χ2v) is 15.3. The zero-order valence-corrected chi connectivity index (χ0v) is 34.5. The number of carbonyl (C=O) groups excluding carboxylic acids is 3. The molecule has 1 aliphatic heterocycles. The molecule has 0 spiro atoms. The van der Waals surface area contributed by atoms with Crippen molar-refractivity contribution >= 4 is 17.7 Å². The summed E-state index contributed by atoms with van der Waals surface area (Å²) in [6.07, 6.45) is 42.9. The second-order valence-electron chi connectivity index (χ2n) is 15.3. The van der Waals surface area contributed by atoms with E-state index in [1.54, 1.807) is 4.90 Å². The molecule has 1 heterocycles. The monoisotopic (exact) mass is 757 g/mol. The smallest absolute Gasteiger partial charge is 0.328 e. The lowest BCUT2D eigenvalue weighted by Crippen LogP contribution is -2.42. The number of carbonyl (C=O) groups is 3. The Labute approximate surface area is 330 Å². The van der Waals surface area contributed by atoms with Crippen molar-refractivity contribution in [1.82, 2.24) is 10.2 Å². The van der Waals surface area contributed by atoms with E-state index in [1.165, 1.54) is 70.6 Å². The molecule has 3 N–H and O–H groups in total. The van der Waals surface area contributed by atoms with Crippen LogP contribution in [-0.2, 0) is 19.1 Å². The molecule has 1 saturated heterocycles. The number of nitrogens with zero attached hydrogens (tertiary/aromatic N) is 1. The number of ether oxygens (including phenoxy) is 1. The topological polar surface area (TPSA) is 116 Å². The van der Waals surface area contributed by atoms with Crippen LogP contribution in [0.15, 0.2) is 48.6 Å². The largest absolute Gasteiger partial charge is 0.464 e. The maximum atomic E-state index is 13.1. The average Bonchev–Trinajstić information content (AvgIpc) is 3.47. The summed E-state index contributed by atoms with van der Waals surface area (Å²) in [6.45, 7) is 5.36. The first-order valence-corrected chi connectivity index (χ1v) is 22.0. The van der Waals surface area contributed by atoms with Gasteiger partial charge in [0.2, 0.25) is 5.91 Å². The molecule has 3 unspecified atom stereocenters. The predicted octanol–water partition coefficient (Wildman–Crippen LogP) is 10.0. The Morgan fingerprint density at radius 2 is 1.06 bits per heavy atom. The van der Waals surface area contributed by atoms with Gasteiger partial charge < -0.3 is 20.3 Å². The number of hydrogen-bond donors (Lipinski definition) is 3. The molecule has 0 aliphatic carbocycles. The van der Waals surface area contributed by atoms with E-state index in [0.717, 1.165) is 77.0 Å². The van der Waals surface area contributed by atoms with E-state index >= 15 is 0 Å². The average molecular weight is 757 g/mol. The molecular formula is C46H80N2O6. The van der Waals surface area contributed by atoms with E-state index < -0.39 is 24.2 Å². The Morgan fingerprint density at radius 3 is 1.56 bits per heavy atom. The molecule has 3 atom stereocenters. The van der Waals surface area contributed by atoms with Gasteiger partial charge in [0.1, 0.15) is 11.8 Å². The molecule has 1 fully saturated rings. The van der Waals surface area contributed by atoms with E-state index in [-0.39, 0.29) is 44.2 Å². The highest BCUT2D eigenvalue weighted by atomic mass is 16.5. The molecule has 1 amide bonds. The number of hydrogen-bond acceptors (Lipinski definition) is 7. The number of aliphatic hydroxyl groups is 2. The van der Waals surface area contributed by atoms with Crippen LogP contribution in [0.3, 0.4) is 0 Å². The van der Waals surface area contributed by atoms with Gasteiger partial charge in [0.15, 0.2) is 0 Å². The summed E-state index contributed by atoms with van der Waals surface area (Å²) in [6, 6.07) is -0.862. The van der Waals surface area contributed by atoms with Crippen LogP contribution in [0, 0.1) is 0 Å². The normalized spacial score (nSPS) is 17.1. The zero-order chi connectivity index (χ0) is 39.3. The Bertz CT molecular complexity index is 1040. The highest BCUT2D eigenvalue weighted by Gasteiger charge is 2.31. The Morgan fingerprint density at radius 1 is 0.611 bits per heavy atom. The first-order chi connectivity index (χ1) is 26.4. The molecule has 310 valence electrons. The van der Waals surface area contributed by atoms with Crippen molar-refractivity contribution in [1.29, 1.82) is 0 Å². The summed E-state index contributed by atoms with van der Waals surface area (Å²) in [5.41, 5.74) is 0. The summed E-state index contributed by atoms with van der Waals surface area (Å²) < 4.78 is 5.58. The fourth-order valence-corrected chi connectivity index (χ4v) is 6.59. The standard InChI is InChI=1S/C46H80N2O6/c1-3-5-7-9-11-13-15-17-19-21-23-25-27-29-31-33-37-54-46(53)42(36-35-41(49)38-48-39-43(50)44(51)40-48)47-45(52)34-32-30-28-26-24-22-20-18-16-14-12-10-8-6-4-2/h11-14,17-20,42-44,50-51H,3-10,15-16,21-40H2,1-2H3,(H,47,52)/b13-11-,14-12-,19-17-,20-18-. The highest BCUT2D eigenvalue weighted by Crippen LogP contribution is 2.13. The summed E-state index contributed by atoms with van der Waals surface area (Å²) in [5.74, 6) is -0.761. The lowest BCUT2D eigenvalue weighted by molar-refractivity contribution is -0.148. The van der Waals surface area contributed by atoms with Crippen molar-refractivity contribution < 1.29 is 29.3 Å². The number of nitrogens with one attached hydrogen (secondary N) is 1. The Hall–Kier alpha value is -2.55. The van der Waals surface area contributed by atoms with Gasteiger partial charge in [-0.3, -0.25) is 14.5 Å². The number of β-amino-alcohol motifs (C(OH)–C–C–N with tert-alkyl or cyclic N) is 2. The van der Waals surface area contributed by atoms with Gasteiger partial charge >= 0.3 is 5.97 Å². The summed E-state index contributed by atoms with van der Waals surface area (Å²) in [7, 11) is 0. The first kappa shape index (κ1) is 49.5. The van der Waals surface area contributed by atoms with Crippen LogP contribution in [0.1, 0.15) is 181 Å². The number of Topliss-reactive ketones (excluding diaryl/α,β-unsaturated/α-hetero) is 1.